The standard InChI is InChI=1S/C15H10Br2O2/c1-3-10-12(6-8(2)16)15(19)11-5-4-9(17)7-13(11)14(10)18/h3-7H,1H2,2H3/b8-6+. The van der Waals surface area contributed by atoms with Crippen LogP contribution in [-0.4, -0.2) is 11.6 Å². The van der Waals surface area contributed by atoms with E-state index in [1.165, 1.54) is 6.08 Å². The number of carbonyl (C=O) groups is 2. The normalized spacial score (nSPS) is 15.6. The molecule has 2 rings (SSSR count). The van der Waals surface area contributed by atoms with Crippen LogP contribution in [0.15, 0.2) is 57.0 Å². The molecule has 4 heteroatoms. The molecule has 0 fully saturated rings. The van der Waals surface area contributed by atoms with Crippen LogP contribution >= 0.6 is 31.9 Å². The topological polar surface area (TPSA) is 34.1 Å². The molecule has 0 saturated carbocycles. The van der Waals surface area contributed by atoms with Gasteiger partial charge in [0.1, 0.15) is 0 Å². The molecule has 1 aliphatic rings. The van der Waals surface area contributed by atoms with Crippen molar-refractivity contribution in [2.45, 2.75) is 6.92 Å². The molecule has 0 radical (unpaired) electrons. The van der Waals surface area contributed by atoms with Crippen molar-refractivity contribution in [3.63, 3.8) is 0 Å². The van der Waals surface area contributed by atoms with Crippen molar-refractivity contribution in [1.82, 2.24) is 0 Å². The summed E-state index contributed by atoms with van der Waals surface area (Å²) < 4.78 is 1.55. The molecule has 0 spiro atoms. The first kappa shape index (κ1) is 14.2. The van der Waals surface area contributed by atoms with E-state index in [9.17, 15) is 9.59 Å². The van der Waals surface area contributed by atoms with Gasteiger partial charge in [0.05, 0.1) is 0 Å². The molecule has 19 heavy (non-hydrogen) atoms. The molecule has 2 nitrogen and oxygen atoms in total. The number of rotatable bonds is 2. The molecule has 1 aromatic carbocycles. The number of fused-ring (bicyclic) bond motifs is 1. The third-order valence-corrected chi connectivity index (χ3v) is 3.52. The van der Waals surface area contributed by atoms with Crippen LogP contribution in [0.1, 0.15) is 27.6 Å². The summed E-state index contributed by atoms with van der Waals surface area (Å²) in [6.45, 7) is 5.44. The van der Waals surface area contributed by atoms with Crippen molar-refractivity contribution in [1.29, 1.82) is 0 Å². The second kappa shape index (κ2) is 5.39. The van der Waals surface area contributed by atoms with E-state index in [0.717, 1.165) is 8.96 Å². The Bertz CT molecular complexity index is 663. The monoisotopic (exact) mass is 380 g/mol. The van der Waals surface area contributed by atoms with Crippen molar-refractivity contribution in [3.05, 3.63) is 68.2 Å². The Morgan fingerprint density at radius 2 is 1.79 bits per heavy atom. The lowest BCUT2D eigenvalue weighted by molar-refractivity contribution is 0.0980. The first-order valence-electron chi connectivity index (χ1n) is 5.55. The van der Waals surface area contributed by atoms with Gasteiger partial charge in [-0.3, -0.25) is 9.59 Å². The first-order valence-corrected chi connectivity index (χ1v) is 7.13. The summed E-state index contributed by atoms with van der Waals surface area (Å²) in [7, 11) is 0. The second-order valence-corrected chi connectivity index (χ2v) is 6.28. The highest BCUT2D eigenvalue weighted by Crippen LogP contribution is 2.30. The lowest BCUT2D eigenvalue weighted by Crippen LogP contribution is -2.20. The molecule has 0 bridgehead atoms. The molecule has 0 amide bonds. The highest BCUT2D eigenvalue weighted by atomic mass is 79.9. The minimum absolute atomic E-state index is 0.157. The Morgan fingerprint density at radius 3 is 2.37 bits per heavy atom. The number of allylic oxidation sites excluding steroid dienone is 5. The van der Waals surface area contributed by atoms with Gasteiger partial charge in [-0.25, -0.2) is 0 Å². The highest BCUT2D eigenvalue weighted by molar-refractivity contribution is 9.11. The van der Waals surface area contributed by atoms with E-state index in [2.05, 4.69) is 38.4 Å². The second-order valence-electron chi connectivity index (χ2n) is 4.11. The zero-order valence-corrected chi connectivity index (χ0v) is 13.3. The zero-order chi connectivity index (χ0) is 14.2. The minimum Gasteiger partial charge on any atom is -0.289 e. The van der Waals surface area contributed by atoms with Gasteiger partial charge in [-0.05, 0) is 35.7 Å². The molecule has 0 saturated heterocycles. The molecule has 0 unspecified atom stereocenters. The number of halogens is 2. The molecule has 1 aromatic rings. The number of ketones is 2. The summed E-state index contributed by atoms with van der Waals surface area (Å²) in [6, 6.07) is 5.09. The van der Waals surface area contributed by atoms with Crippen LogP contribution < -0.4 is 0 Å². The van der Waals surface area contributed by atoms with Crippen LogP contribution in [0.5, 0.6) is 0 Å². The molecule has 0 N–H and O–H groups in total. The number of Topliss-reactive ketones (excluding diaryl/α,β-unsaturated/α-hetero) is 2. The Hall–Kier alpha value is -1.26. The van der Waals surface area contributed by atoms with Gasteiger partial charge in [-0.1, -0.05) is 44.5 Å². The van der Waals surface area contributed by atoms with Gasteiger partial charge in [0, 0.05) is 26.7 Å². The third kappa shape index (κ3) is 2.55. The Morgan fingerprint density at radius 1 is 1.16 bits per heavy atom. The Kier molecular flexibility index (Phi) is 4.02. The third-order valence-electron chi connectivity index (χ3n) is 2.80. The predicted octanol–water partition coefficient (Wildman–Crippen LogP) is 4.61. The summed E-state index contributed by atoms with van der Waals surface area (Å²) in [6.07, 6.45) is 3.09. The van der Waals surface area contributed by atoms with E-state index < -0.39 is 0 Å². The van der Waals surface area contributed by atoms with Crippen molar-refractivity contribution >= 4 is 43.4 Å². The lowest BCUT2D eigenvalue weighted by Gasteiger charge is -2.17. The maximum atomic E-state index is 12.4. The molecule has 1 aliphatic carbocycles. The molecule has 0 aliphatic heterocycles. The summed E-state index contributed by atoms with van der Waals surface area (Å²) in [5.41, 5.74) is 1.57. The van der Waals surface area contributed by atoms with Gasteiger partial charge in [-0.2, -0.15) is 0 Å². The number of carbonyl (C=O) groups excluding carboxylic acids is 2. The fraction of sp³-hybridized carbons (Fsp3) is 0.0667. The molecular formula is C15H10Br2O2. The summed E-state index contributed by atoms with van der Waals surface area (Å²) in [5.74, 6) is -0.332. The summed E-state index contributed by atoms with van der Waals surface area (Å²) >= 11 is 6.60. The Labute approximate surface area is 128 Å². The van der Waals surface area contributed by atoms with Crippen molar-refractivity contribution in [2.75, 3.05) is 0 Å². The van der Waals surface area contributed by atoms with Crippen LogP contribution in [0, 0.1) is 0 Å². The van der Waals surface area contributed by atoms with E-state index in [4.69, 9.17) is 0 Å². The van der Waals surface area contributed by atoms with Crippen LogP contribution in [0.3, 0.4) is 0 Å². The maximum Gasteiger partial charge on any atom is 0.194 e. The molecule has 96 valence electrons. The van der Waals surface area contributed by atoms with Crippen LogP contribution in [0.25, 0.3) is 0 Å². The van der Waals surface area contributed by atoms with E-state index in [-0.39, 0.29) is 11.6 Å². The molecule has 0 heterocycles. The molecule has 0 aromatic heterocycles. The lowest BCUT2D eigenvalue weighted by atomic mass is 9.84. The van der Waals surface area contributed by atoms with Gasteiger partial charge in [0.25, 0.3) is 0 Å². The van der Waals surface area contributed by atoms with Crippen LogP contribution in [0.4, 0.5) is 0 Å². The fourth-order valence-corrected chi connectivity index (χ4v) is 2.57. The maximum absolute atomic E-state index is 12.4. The van der Waals surface area contributed by atoms with Gasteiger partial charge < -0.3 is 0 Å². The van der Waals surface area contributed by atoms with Crippen LogP contribution in [0.2, 0.25) is 0 Å². The predicted molar refractivity (Wildman–Crippen MR) is 82.7 cm³/mol. The fourth-order valence-electron chi connectivity index (χ4n) is 1.98. The quantitative estimate of drug-likeness (QED) is 0.749. The van der Waals surface area contributed by atoms with E-state index in [1.807, 2.05) is 6.92 Å². The summed E-state index contributed by atoms with van der Waals surface area (Å²) in [4.78, 5) is 24.8. The van der Waals surface area contributed by atoms with Gasteiger partial charge >= 0.3 is 0 Å². The smallest absolute Gasteiger partial charge is 0.194 e. The largest absolute Gasteiger partial charge is 0.289 e. The van der Waals surface area contributed by atoms with Gasteiger partial charge in [0.15, 0.2) is 11.6 Å². The molecular weight excluding hydrogens is 372 g/mol. The number of hydrogen-bond donors (Lipinski definition) is 0. The average molecular weight is 382 g/mol. The molecule has 0 atom stereocenters. The first-order chi connectivity index (χ1) is 8.95. The summed E-state index contributed by atoms with van der Waals surface area (Å²) in [5, 5.41) is 0. The highest BCUT2D eigenvalue weighted by Gasteiger charge is 2.29. The minimum atomic E-state index is -0.175. The van der Waals surface area contributed by atoms with Crippen molar-refractivity contribution < 1.29 is 9.59 Å². The van der Waals surface area contributed by atoms with E-state index in [1.54, 1.807) is 24.3 Å². The van der Waals surface area contributed by atoms with Gasteiger partial charge in [0.2, 0.25) is 0 Å². The number of benzene rings is 1. The average Bonchev–Trinajstić information content (AvgIpc) is 2.35. The van der Waals surface area contributed by atoms with Crippen LogP contribution in [-0.2, 0) is 0 Å². The van der Waals surface area contributed by atoms with E-state index >= 15 is 0 Å². The Balaban J connectivity index is 2.73. The number of hydrogen-bond acceptors (Lipinski definition) is 2. The van der Waals surface area contributed by atoms with Gasteiger partial charge in [-0.15, -0.1) is 0 Å². The van der Waals surface area contributed by atoms with E-state index in [0.29, 0.717) is 22.3 Å². The SMILES string of the molecule is C=CC1=C(/C=C(\C)Br)C(=O)c2ccc(Br)cc2C1=O. The van der Waals surface area contributed by atoms with Crippen molar-refractivity contribution in [3.8, 4) is 0 Å². The zero-order valence-electron chi connectivity index (χ0n) is 10.2. The van der Waals surface area contributed by atoms with Crippen molar-refractivity contribution in [2.24, 2.45) is 0 Å².